The van der Waals surface area contributed by atoms with E-state index in [1.165, 1.54) is 24.3 Å². The number of para-hydroxylation sites is 2. The number of hydrogen-bond acceptors (Lipinski definition) is 2. The fraction of sp³-hybridized carbons (Fsp3) is 0.130. The predicted molar refractivity (Wildman–Crippen MR) is 114 cm³/mol. The van der Waals surface area contributed by atoms with Crippen LogP contribution in [0.3, 0.4) is 0 Å². The molecule has 2 N–H and O–H groups in total. The van der Waals surface area contributed by atoms with Gasteiger partial charge in [-0.1, -0.05) is 18.2 Å². The second-order valence-corrected chi connectivity index (χ2v) is 7.04. The molecule has 0 saturated carbocycles. The van der Waals surface area contributed by atoms with Gasteiger partial charge in [-0.3, -0.25) is 0 Å². The van der Waals surface area contributed by atoms with Crippen LogP contribution in [0, 0.1) is 5.82 Å². The summed E-state index contributed by atoms with van der Waals surface area (Å²) in [5, 5.41) is 5.05. The van der Waals surface area contributed by atoms with Crippen molar-refractivity contribution in [1.29, 1.82) is 0 Å². The molecule has 0 saturated heterocycles. The van der Waals surface area contributed by atoms with Crippen molar-refractivity contribution in [1.82, 2.24) is 14.9 Å². The molecular weight excluding hydrogens is 424 g/mol. The van der Waals surface area contributed by atoms with Gasteiger partial charge in [0.15, 0.2) is 0 Å². The molecule has 0 atom stereocenters. The average Bonchev–Trinajstić information content (AvgIpc) is 3.12. The van der Waals surface area contributed by atoms with Crippen LogP contribution in [0.25, 0.3) is 22.4 Å². The molecule has 4 rings (SSSR count). The number of halogens is 4. The summed E-state index contributed by atoms with van der Waals surface area (Å²) in [5.41, 5.74) is 1.50. The molecule has 0 bridgehead atoms. The standard InChI is InChI=1S/C23H18F4N4O/c24-17-10-8-15(9-11-17)21-30-19-6-1-2-7-20(19)31(21)13-12-28-22(32)29-18-5-3-4-16(14-18)23(25,26)27/h1-11,14H,12-13H2,(H2,28,29,32). The molecule has 164 valence electrons. The molecule has 0 unspecified atom stereocenters. The summed E-state index contributed by atoms with van der Waals surface area (Å²) >= 11 is 0. The first kappa shape index (κ1) is 21.4. The number of hydrogen-bond donors (Lipinski definition) is 2. The largest absolute Gasteiger partial charge is 0.416 e. The maximum Gasteiger partial charge on any atom is 0.416 e. The third-order valence-corrected chi connectivity index (χ3v) is 4.83. The first-order chi connectivity index (χ1) is 15.3. The lowest BCUT2D eigenvalue weighted by Gasteiger charge is -2.12. The van der Waals surface area contributed by atoms with Gasteiger partial charge < -0.3 is 15.2 Å². The first-order valence-corrected chi connectivity index (χ1v) is 9.74. The number of rotatable bonds is 5. The van der Waals surface area contributed by atoms with Gasteiger partial charge in [-0.15, -0.1) is 0 Å². The molecule has 0 fully saturated rings. The van der Waals surface area contributed by atoms with Crippen molar-refractivity contribution in [2.24, 2.45) is 0 Å². The van der Waals surface area contributed by atoms with Crippen LogP contribution in [0.5, 0.6) is 0 Å². The zero-order chi connectivity index (χ0) is 22.7. The summed E-state index contributed by atoms with van der Waals surface area (Å²) in [6.07, 6.45) is -4.49. The summed E-state index contributed by atoms with van der Waals surface area (Å²) in [6, 6.07) is 17.2. The third kappa shape index (κ3) is 4.72. The lowest BCUT2D eigenvalue weighted by Crippen LogP contribution is -2.31. The summed E-state index contributed by atoms with van der Waals surface area (Å²) in [5.74, 6) is 0.260. The van der Waals surface area contributed by atoms with Gasteiger partial charge in [-0.25, -0.2) is 14.2 Å². The Balaban J connectivity index is 1.47. The summed E-state index contributed by atoms with van der Waals surface area (Å²) in [6.45, 7) is 0.544. The Bertz CT molecular complexity index is 1250. The average molecular weight is 442 g/mol. The van der Waals surface area contributed by atoms with Crippen molar-refractivity contribution in [2.75, 3.05) is 11.9 Å². The maximum atomic E-state index is 13.3. The van der Waals surface area contributed by atoms with Gasteiger partial charge in [-0.05, 0) is 54.6 Å². The molecule has 1 heterocycles. The van der Waals surface area contributed by atoms with Gasteiger partial charge in [0.1, 0.15) is 11.6 Å². The minimum absolute atomic E-state index is 0.0393. The molecule has 0 spiro atoms. The predicted octanol–water partition coefficient (Wildman–Crippen LogP) is 5.68. The summed E-state index contributed by atoms with van der Waals surface area (Å²) < 4.78 is 53.7. The normalized spacial score (nSPS) is 11.5. The molecule has 32 heavy (non-hydrogen) atoms. The van der Waals surface area contributed by atoms with E-state index in [1.54, 1.807) is 12.1 Å². The van der Waals surface area contributed by atoms with Crippen molar-refractivity contribution in [3.05, 3.63) is 84.2 Å². The highest BCUT2D eigenvalue weighted by Gasteiger charge is 2.30. The van der Waals surface area contributed by atoms with Crippen LogP contribution in [0.4, 0.5) is 28.0 Å². The number of nitrogens with zero attached hydrogens (tertiary/aromatic N) is 2. The van der Waals surface area contributed by atoms with E-state index in [-0.39, 0.29) is 18.0 Å². The number of carbonyl (C=O) groups excluding carboxylic acids is 1. The van der Waals surface area contributed by atoms with Crippen LogP contribution in [0.2, 0.25) is 0 Å². The SMILES string of the molecule is O=C(NCCn1c(-c2ccc(F)cc2)nc2ccccc21)Nc1cccc(C(F)(F)F)c1. The number of anilines is 1. The van der Waals surface area contributed by atoms with Crippen LogP contribution in [0.1, 0.15) is 5.56 Å². The molecule has 2 amide bonds. The molecule has 0 aliphatic heterocycles. The molecule has 5 nitrogen and oxygen atoms in total. The Labute approximate surface area is 180 Å². The Hall–Kier alpha value is -3.88. The van der Waals surface area contributed by atoms with Crippen LogP contribution in [0.15, 0.2) is 72.8 Å². The molecule has 0 radical (unpaired) electrons. The van der Waals surface area contributed by atoms with Gasteiger partial charge in [0.2, 0.25) is 0 Å². The van der Waals surface area contributed by atoms with Gasteiger partial charge in [0.05, 0.1) is 16.6 Å². The number of benzene rings is 3. The van der Waals surface area contributed by atoms with Crippen LogP contribution >= 0.6 is 0 Å². The van der Waals surface area contributed by atoms with Crippen molar-refractivity contribution in [3.8, 4) is 11.4 Å². The van der Waals surface area contributed by atoms with E-state index in [4.69, 9.17) is 0 Å². The van der Waals surface area contributed by atoms with Crippen molar-refractivity contribution >= 4 is 22.8 Å². The van der Waals surface area contributed by atoms with Gasteiger partial charge in [-0.2, -0.15) is 13.2 Å². The number of imidazole rings is 1. The highest BCUT2D eigenvalue weighted by Crippen LogP contribution is 2.30. The second kappa shape index (κ2) is 8.70. The molecule has 4 aromatic rings. The van der Waals surface area contributed by atoms with E-state index in [2.05, 4.69) is 15.6 Å². The highest BCUT2D eigenvalue weighted by molar-refractivity contribution is 5.89. The van der Waals surface area contributed by atoms with E-state index >= 15 is 0 Å². The quantitative estimate of drug-likeness (QED) is 0.391. The number of urea groups is 1. The van der Waals surface area contributed by atoms with E-state index in [0.29, 0.717) is 12.4 Å². The fourth-order valence-electron chi connectivity index (χ4n) is 3.35. The molecule has 1 aromatic heterocycles. The fourth-order valence-corrected chi connectivity index (χ4v) is 3.35. The smallest absolute Gasteiger partial charge is 0.336 e. The third-order valence-electron chi connectivity index (χ3n) is 4.83. The van der Waals surface area contributed by atoms with E-state index in [9.17, 15) is 22.4 Å². The summed E-state index contributed by atoms with van der Waals surface area (Å²) in [4.78, 5) is 16.8. The lowest BCUT2D eigenvalue weighted by atomic mass is 10.2. The van der Waals surface area contributed by atoms with Crippen LogP contribution in [-0.4, -0.2) is 22.1 Å². The summed E-state index contributed by atoms with van der Waals surface area (Å²) in [7, 11) is 0. The number of alkyl halides is 3. The van der Waals surface area contributed by atoms with Gasteiger partial charge in [0.25, 0.3) is 0 Å². The van der Waals surface area contributed by atoms with E-state index in [0.717, 1.165) is 28.7 Å². The molecular formula is C23H18F4N4O. The molecule has 0 aliphatic carbocycles. The van der Waals surface area contributed by atoms with Crippen molar-refractivity contribution < 1.29 is 22.4 Å². The molecule has 9 heteroatoms. The van der Waals surface area contributed by atoms with Crippen LogP contribution in [-0.2, 0) is 12.7 Å². The molecule has 0 aliphatic rings. The lowest BCUT2D eigenvalue weighted by molar-refractivity contribution is -0.137. The number of fused-ring (bicyclic) bond motifs is 1. The number of aromatic nitrogens is 2. The number of carbonyl (C=O) groups is 1. The molecule has 3 aromatic carbocycles. The topological polar surface area (TPSA) is 59.0 Å². The van der Waals surface area contributed by atoms with Crippen molar-refractivity contribution in [3.63, 3.8) is 0 Å². The maximum absolute atomic E-state index is 13.3. The van der Waals surface area contributed by atoms with Gasteiger partial charge in [0, 0.05) is 24.3 Å². The van der Waals surface area contributed by atoms with E-state index < -0.39 is 17.8 Å². The zero-order valence-corrected chi connectivity index (χ0v) is 16.7. The number of nitrogens with one attached hydrogen (secondary N) is 2. The first-order valence-electron chi connectivity index (χ1n) is 9.74. The Morgan fingerprint density at radius 3 is 2.47 bits per heavy atom. The Kier molecular flexibility index (Phi) is 5.81. The Morgan fingerprint density at radius 2 is 1.72 bits per heavy atom. The van der Waals surface area contributed by atoms with Gasteiger partial charge >= 0.3 is 12.2 Å². The van der Waals surface area contributed by atoms with Crippen LogP contribution < -0.4 is 10.6 Å². The van der Waals surface area contributed by atoms with E-state index in [1.807, 2.05) is 28.8 Å². The minimum Gasteiger partial charge on any atom is -0.336 e. The zero-order valence-electron chi connectivity index (χ0n) is 16.7. The number of amides is 2. The minimum atomic E-state index is -4.49. The monoisotopic (exact) mass is 442 g/mol. The highest BCUT2D eigenvalue weighted by atomic mass is 19.4. The second-order valence-electron chi connectivity index (χ2n) is 7.04. The van der Waals surface area contributed by atoms with Crippen molar-refractivity contribution in [2.45, 2.75) is 12.7 Å². The Morgan fingerprint density at radius 1 is 0.969 bits per heavy atom.